The first-order valence-electron chi connectivity index (χ1n) is 42.2. The number of likely N-dealkylation sites (tertiary alicyclic amines) is 4. The predicted octanol–water partition coefficient (Wildman–Crippen LogP) is 9.99. The van der Waals surface area contributed by atoms with Crippen LogP contribution in [0, 0.1) is 81.8 Å². The number of hydrogen-bond donors (Lipinski definition) is 7. The van der Waals surface area contributed by atoms with E-state index in [9.17, 15) is 5.26 Å². The Bertz CT molecular complexity index is 3770. The van der Waals surface area contributed by atoms with Gasteiger partial charge in [-0.25, -0.2) is 8.89 Å². The van der Waals surface area contributed by atoms with Crippen LogP contribution in [0.25, 0.3) is 10.4 Å². The Hall–Kier alpha value is 0.977. The summed E-state index contributed by atoms with van der Waals surface area (Å²) in [6, 6.07) is 44.1. The molecule has 11 rings (SSSR count). The van der Waals surface area contributed by atoms with Crippen LogP contribution in [0.1, 0.15) is 221 Å². The van der Waals surface area contributed by atoms with Gasteiger partial charge in [0.1, 0.15) is 20.2 Å². The van der Waals surface area contributed by atoms with Gasteiger partial charge in [0.25, 0.3) is 6.47 Å². The zero-order valence-corrected chi connectivity index (χ0v) is 122. The Morgan fingerprint density at radius 1 is 0.608 bits per heavy atom. The largest absolute Gasteiger partial charge is 2.00 e. The maximum Gasteiger partial charge on any atom is 2.00 e. The van der Waals surface area contributed by atoms with Crippen LogP contribution in [0.4, 0.5) is 0 Å². The molecule has 0 amide bonds. The van der Waals surface area contributed by atoms with Crippen molar-refractivity contribution in [2.24, 2.45) is 41.1 Å². The van der Waals surface area contributed by atoms with Gasteiger partial charge < -0.3 is 132 Å². The van der Waals surface area contributed by atoms with Gasteiger partial charge in [-0.05, 0) is 174 Å². The molecule has 4 aliphatic rings. The number of benzene rings is 4. The molecule has 50 heteroatoms. The molecule has 0 spiro atoms. The summed E-state index contributed by atoms with van der Waals surface area (Å²) < 4.78 is 20.9. The zero-order valence-electron chi connectivity index (χ0n) is 87.7. The van der Waals surface area contributed by atoms with Crippen LogP contribution >= 0.6 is 64.8 Å². The molecule has 0 radical (unpaired) electrons. The number of aryl methyl sites for hydroxylation is 2. The second-order valence-electron chi connectivity index (χ2n) is 26.9. The van der Waals surface area contributed by atoms with E-state index in [1.807, 2.05) is 139 Å². The van der Waals surface area contributed by atoms with Gasteiger partial charge in [0, 0.05) is 160 Å². The molecule has 0 bridgehead atoms. The molecule has 8 unspecified atom stereocenters. The first-order chi connectivity index (χ1) is 61.7. The minimum Gasteiger partial charge on any atom is -1.00 e. The summed E-state index contributed by atoms with van der Waals surface area (Å²) in [7, 11) is 31.0. The Morgan fingerprint density at radius 3 is 1.08 bits per heavy atom. The van der Waals surface area contributed by atoms with Crippen LogP contribution in [-0.2, 0) is 212 Å². The van der Waals surface area contributed by atoms with E-state index >= 15 is 0 Å². The van der Waals surface area contributed by atoms with Crippen molar-refractivity contribution in [2.45, 2.75) is 216 Å². The second kappa shape index (κ2) is 139. The topological polar surface area (TPSA) is 444 Å². The molecule has 143 heavy (non-hydrogen) atoms. The summed E-state index contributed by atoms with van der Waals surface area (Å²) in [6.45, 7) is 48.3. The van der Waals surface area contributed by atoms with Crippen molar-refractivity contribution in [1.29, 1.82) is 5.26 Å². The summed E-state index contributed by atoms with van der Waals surface area (Å²) in [6.07, 6.45) is 6.35. The van der Waals surface area contributed by atoms with Crippen molar-refractivity contribution in [3.05, 3.63) is 218 Å². The number of tetrazole rings is 3. The molecule has 7 aromatic rings. The molecule has 4 fully saturated rings. The predicted molar refractivity (Wildman–Crippen MR) is 564 cm³/mol. The number of ether oxygens (including phenoxy) is 1. The molecule has 7 heterocycles. The number of halogens is 6. The number of nitrogens with zero attached hydrogens (tertiary/aromatic N) is 20. The Morgan fingerprint density at radius 2 is 0.881 bits per heavy atom. The van der Waals surface area contributed by atoms with E-state index in [0.717, 1.165) is 101 Å². The van der Waals surface area contributed by atoms with E-state index in [2.05, 4.69) is 341 Å². The van der Waals surface area contributed by atoms with E-state index in [4.69, 9.17) is 55.2 Å². The third kappa shape index (κ3) is 90.7. The van der Waals surface area contributed by atoms with Gasteiger partial charge in [-0.2, -0.15) is 15.3 Å². The molecule has 8 atom stereocenters. The standard InChI is InChI=1S/2C15H20N5.C14H18N5.C14H17N2.C5H10NO.4C2H6O.5C2H6.2CH2Br.CH3ClO.CH2O3.CHO2.4CH4.3CH3.BrH.Cl2OS.N3.2Na.Sn.7W.H/c1-12-11-19(2)10-9-15(12,13-7-5-4-6-8-13)14-16-17-18-20(14)3;1-12-11-19(2)10-9-15(12,13-7-5-4-6-8-13)14-16-18-20(3)17-14;1-11-10-19(2)9-8-14(11,13-15-17-18-16-13)12-6-4-3-5-7-12;1-12-10-16(2)9-8-14(12,11-15)13-6-4-3-5-7-13;1-4-7-5-6(2)3;4*1-2-3;7*1-2;2-1-3;2-1-4-3;2-1-3;;;;;;;;;1-4(2)3;1-3-2;;;;;;;;;;;/h2*4-8,12H,2,9-11H2,1,3H3;3-7,11H,2,8-10H2,1H3,(H,15,16,17,18);3-7,12H,2,8-10H2,1H3;1,4H2,2-3H3;4*3H,2H2,1H3;5*1-2H3;2*1H2;3H,1H2;1,3H;(H,2,3);4*1H4;3*1H3;1H;;;;;;;;;;;;;/q5*-1;;;;;;;;;;2*-1;;;-1;;;;;;;;;;-1;3*+1;;;;;;2*+2;-1/p-2. The van der Waals surface area contributed by atoms with Crippen molar-refractivity contribution in [2.75, 3.05) is 106 Å². The number of aromatic amines is 1. The number of aliphatic hydroxyl groups is 5. The number of hydrogen-bond acceptors (Lipinski definition) is 26. The number of aromatic nitrogens is 12. The maximum absolute atomic E-state index is 9.56. The summed E-state index contributed by atoms with van der Waals surface area (Å²) in [5, 5.41) is 102. The van der Waals surface area contributed by atoms with E-state index < -0.39 is 27.9 Å². The number of alkyl halides is 1. The van der Waals surface area contributed by atoms with E-state index in [1.165, 1.54) is 16.7 Å². The fourth-order valence-corrected chi connectivity index (χ4v) is 13.6. The molecule has 3 aromatic heterocycles. The monoisotopic (exact) mass is 3600 g/mol. The van der Waals surface area contributed by atoms with E-state index in [-0.39, 0.29) is 315 Å². The third-order valence-electron chi connectivity index (χ3n) is 17.5. The van der Waals surface area contributed by atoms with Crippen molar-refractivity contribution >= 4 is 112 Å². The van der Waals surface area contributed by atoms with Gasteiger partial charge >= 0.3 is 148 Å². The van der Waals surface area contributed by atoms with E-state index in [1.54, 1.807) is 37.1 Å². The summed E-state index contributed by atoms with van der Waals surface area (Å²) >= 11 is 7.86. The molecular weight excluding hydrogens is 3430 g/mol. The van der Waals surface area contributed by atoms with Crippen LogP contribution in [0.3, 0.4) is 0 Å². The van der Waals surface area contributed by atoms with Gasteiger partial charge in [0.15, 0.2) is 17.5 Å². The molecule has 0 saturated carbocycles. The quantitative estimate of drug-likeness (QED) is 0.00505. The molecule has 33 nitrogen and oxygen atoms in total. The molecule has 7 N–H and O–H groups in total. The molecule has 4 saturated heterocycles. The van der Waals surface area contributed by atoms with Gasteiger partial charge in [-0.15, -0.1) is 25.5 Å². The third-order valence-corrected chi connectivity index (χ3v) is 19.5. The fraction of sp³-hybridized carbons (Fsp3) is 0.591. The summed E-state index contributed by atoms with van der Waals surface area (Å²) in [4.78, 5) is 38.4. The Labute approximate surface area is 1060 Å². The van der Waals surface area contributed by atoms with Crippen LogP contribution in [0.2, 0.25) is 14.8 Å². The number of nitrogens with one attached hydrogen (secondary N) is 1. The Kier molecular flexibility index (Phi) is 199. The summed E-state index contributed by atoms with van der Waals surface area (Å²) in [5.74, 6) is 10.2. The number of carbonyl (C=O) groups excluding carboxylic acids is 1. The number of carbonyl (C=O) groups is 1. The van der Waals surface area contributed by atoms with E-state index in [0.29, 0.717) is 36.8 Å². The maximum atomic E-state index is 9.56. The fourth-order valence-electron chi connectivity index (χ4n) is 12.9. The average molecular weight is 3610 g/mol. The normalized spacial score (nSPS) is 17.3. The van der Waals surface area contributed by atoms with Crippen molar-refractivity contribution in [1.82, 2.24) is 80.6 Å². The number of piperidine rings is 4. The number of rotatable bonds is 11. The second-order valence-corrected chi connectivity index (χ2v) is 42.6. The summed E-state index contributed by atoms with van der Waals surface area (Å²) in [5.41, 5.74) is 12.1. The van der Waals surface area contributed by atoms with Gasteiger partial charge in [-0.1, -0.05) is 278 Å². The number of H-pyrrole nitrogens is 1. The van der Waals surface area contributed by atoms with Gasteiger partial charge in [0.2, 0.25) is 9.23 Å². The van der Waals surface area contributed by atoms with Crippen LogP contribution in [0.15, 0.2) is 125 Å². The zero-order chi connectivity index (χ0) is 102. The van der Waals surface area contributed by atoms with Crippen LogP contribution in [0.5, 0.6) is 0 Å². The smallest absolute Gasteiger partial charge is 1.00 e. The minimum absolute atomic E-state index is 0. The molecule has 0 aliphatic carbocycles. The average Bonchev–Trinajstić information content (AvgIpc) is 1.47. The van der Waals surface area contributed by atoms with Crippen molar-refractivity contribution < 1.29 is 289 Å². The molecule has 4 aliphatic heterocycles. The minimum atomic E-state index is -2.07. The molecule has 4 aromatic carbocycles. The van der Waals surface area contributed by atoms with Crippen molar-refractivity contribution in [3.63, 3.8) is 0 Å². The SMILES string of the molecule is C.C.C.C.CC.CC.CC.CC.CC.CCO.CCO.CCO.CCO.O=CO[O-].O=S(Cl)Cl.O=[C-]O.OCCl.[Br-].[CH2-]Br.[CH2-]Br.[CH2-]CO[C-]=[N+](C)C.[CH2-]N1CCC(C#N)(c2ccccc2)C(C)C1.[CH2-]N1CCC(c2ccccc2)(c2nn[nH]n2)C(C)C1.[CH2-]N1CCC(c2ccccc2)(c2nnn(C)n2)C(C)C1.[CH2-]N1CCC(c2ccccc2)(c2nnnn2C)C(C)C1.[CH3][Sn]([CH3])([CH3])[N]=[N+]=[N-].[H-].[Na+].[Na+].[W+2].[W+2].[W].[W].[W].[W].[W]. The molecular formula is C93H174Br3Cl3N21Na2O12SSnW7-5. The van der Waals surface area contributed by atoms with Crippen LogP contribution < -0.4 is 81.4 Å². The first-order valence-corrected chi connectivity index (χ1v) is 57.7. The Balaban J connectivity index is -0.0000000476. The van der Waals surface area contributed by atoms with Crippen molar-refractivity contribution in [3.8, 4) is 6.07 Å². The van der Waals surface area contributed by atoms with Gasteiger partial charge in [-0.3, -0.25) is 44.7 Å². The number of aliphatic hydroxyl groups excluding tert-OH is 6. The van der Waals surface area contributed by atoms with Crippen LogP contribution in [-0.4, -0.2) is 264 Å². The van der Waals surface area contributed by atoms with Gasteiger partial charge in [0.05, 0.1) is 34.8 Å². The molecule has 824 valence electrons. The number of nitriles is 1. The first kappa shape index (κ1) is 204. The number of azide groups is 1.